The van der Waals surface area contributed by atoms with Gasteiger partial charge in [0.15, 0.2) is 5.96 Å². The molecule has 9 heteroatoms. The summed E-state index contributed by atoms with van der Waals surface area (Å²) in [6, 6.07) is 3.54. The molecule has 2 atom stereocenters. The minimum Gasteiger partial charge on any atom is -0.475 e. The van der Waals surface area contributed by atoms with Gasteiger partial charge in [0, 0.05) is 32.9 Å². The molecule has 146 valence electrons. The van der Waals surface area contributed by atoms with Gasteiger partial charge in [0.1, 0.15) is 17.7 Å². The van der Waals surface area contributed by atoms with E-state index in [4.69, 9.17) is 25.8 Å². The maximum absolute atomic E-state index is 6.03. The van der Waals surface area contributed by atoms with E-state index in [1.807, 2.05) is 0 Å². The van der Waals surface area contributed by atoms with Crippen molar-refractivity contribution < 1.29 is 14.2 Å². The van der Waals surface area contributed by atoms with Crippen molar-refractivity contribution in [2.24, 2.45) is 4.99 Å². The van der Waals surface area contributed by atoms with Crippen LogP contribution in [0.2, 0.25) is 5.02 Å². The van der Waals surface area contributed by atoms with E-state index in [9.17, 15) is 0 Å². The summed E-state index contributed by atoms with van der Waals surface area (Å²) < 4.78 is 17.2. The minimum atomic E-state index is 0. The first kappa shape index (κ1) is 21.5. The lowest BCUT2D eigenvalue weighted by Crippen LogP contribution is -2.53. The third-order valence-corrected chi connectivity index (χ3v) is 4.62. The summed E-state index contributed by atoms with van der Waals surface area (Å²) >= 11 is 6.03. The highest BCUT2D eigenvalue weighted by molar-refractivity contribution is 14.0. The molecule has 1 aromatic rings. The van der Waals surface area contributed by atoms with E-state index in [2.05, 4.69) is 20.2 Å². The first-order chi connectivity index (χ1) is 12.3. The second kappa shape index (κ2) is 11.1. The van der Waals surface area contributed by atoms with Gasteiger partial charge in [-0.15, -0.1) is 24.0 Å². The summed E-state index contributed by atoms with van der Waals surface area (Å²) in [4.78, 5) is 10.7. The molecule has 0 aromatic carbocycles. The summed E-state index contributed by atoms with van der Waals surface area (Å²) in [5.41, 5.74) is 0. The van der Waals surface area contributed by atoms with E-state index < -0.39 is 0 Å². The van der Waals surface area contributed by atoms with Gasteiger partial charge in [-0.25, -0.2) is 4.98 Å². The highest BCUT2D eigenvalue weighted by Gasteiger charge is 2.32. The zero-order valence-corrected chi connectivity index (χ0v) is 18.0. The summed E-state index contributed by atoms with van der Waals surface area (Å²) in [6.07, 6.45) is 4.16. The summed E-state index contributed by atoms with van der Waals surface area (Å²) in [6.45, 7) is 4.19. The standard InChI is InChI=1S/C17H25ClN4O3.HI/c1-19-17(21-7-10-25-16-13(18)4-2-6-20-16)22-8-11-24-15(12-22)14-5-3-9-23-14;/h2,4,6,14-15H,3,5,7-12H2,1H3,(H,19,21);1H. The highest BCUT2D eigenvalue weighted by Crippen LogP contribution is 2.21. The SMILES string of the molecule is CN=C(NCCOc1ncccc1Cl)N1CCOC(C2CCCO2)C1.I. The van der Waals surface area contributed by atoms with Crippen molar-refractivity contribution in [2.75, 3.05) is 46.5 Å². The number of hydrogen-bond acceptors (Lipinski definition) is 5. The second-order valence-electron chi connectivity index (χ2n) is 6.02. The summed E-state index contributed by atoms with van der Waals surface area (Å²) in [7, 11) is 1.79. The second-order valence-corrected chi connectivity index (χ2v) is 6.43. The molecule has 26 heavy (non-hydrogen) atoms. The molecule has 0 saturated carbocycles. The lowest BCUT2D eigenvalue weighted by atomic mass is 10.1. The normalized spacial score (nSPS) is 23.5. The lowest BCUT2D eigenvalue weighted by Gasteiger charge is -2.37. The molecular weight excluding hydrogens is 471 g/mol. The number of hydrogen-bond donors (Lipinski definition) is 1. The molecular formula is C17H26ClIN4O3. The fraction of sp³-hybridized carbons (Fsp3) is 0.647. The molecule has 1 aromatic heterocycles. The number of aliphatic imine (C=N–C) groups is 1. The maximum Gasteiger partial charge on any atom is 0.232 e. The van der Waals surface area contributed by atoms with Crippen LogP contribution in [0.15, 0.2) is 23.3 Å². The Balaban J connectivity index is 0.00000243. The molecule has 2 aliphatic rings. The number of morpholine rings is 1. The van der Waals surface area contributed by atoms with Crippen LogP contribution in [0, 0.1) is 0 Å². The molecule has 0 bridgehead atoms. The third-order valence-electron chi connectivity index (χ3n) is 4.33. The molecule has 0 spiro atoms. The number of aromatic nitrogens is 1. The van der Waals surface area contributed by atoms with Crippen molar-refractivity contribution in [3.05, 3.63) is 23.4 Å². The zero-order chi connectivity index (χ0) is 17.5. The first-order valence-electron chi connectivity index (χ1n) is 8.70. The maximum atomic E-state index is 6.03. The Kier molecular flexibility index (Phi) is 9.17. The number of ether oxygens (including phenoxy) is 3. The number of nitrogens with zero attached hydrogens (tertiary/aromatic N) is 3. The van der Waals surface area contributed by atoms with Crippen molar-refractivity contribution in [1.29, 1.82) is 0 Å². The molecule has 0 aliphatic carbocycles. The quantitative estimate of drug-likeness (QED) is 0.292. The highest BCUT2D eigenvalue weighted by atomic mass is 127. The smallest absolute Gasteiger partial charge is 0.232 e. The van der Waals surface area contributed by atoms with Crippen molar-refractivity contribution in [1.82, 2.24) is 15.2 Å². The average Bonchev–Trinajstić information content (AvgIpc) is 3.18. The molecule has 0 amide bonds. The molecule has 2 saturated heterocycles. The van der Waals surface area contributed by atoms with E-state index in [-0.39, 0.29) is 36.2 Å². The average molecular weight is 497 g/mol. The Bertz CT molecular complexity index is 587. The van der Waals surface area contributed by atoms with Gasteiger partial charge in [0.05, 0.1) is 19.3 Å². The molecule has 1 N–H and O–H groups in total. The van der Waals surface area contributed by atoms with Gasteiger partial charge in [0.2, 0.25) is 5.88 Å². The fourth-order valence-electron chi connectivity index (χ4n) is 3.11. The summed E-state index contributed by atoms with van der Waals surface area (Å²) in [5.74, 6) is 1.30. The molecule has 0 radical (unpaired) electrons. The van der Waals surface area contributed by atoms with E-state index in [1.54, 1.807) is 25.4 Å². The number of rotatable bonds is 5. The van der Waals surface area contributed by atoms with Gasteiger partial charge in [0.25, 0.3) is 0 Å². The van der Waals surface area contributed by atoms with Gasteiger partial charge in [-0.1, -0.05) is 11.6 Å². The van der Waals surface area contributed by atoms with Crippen molar-refractivity contribution in [3.63, 3.8) is 0 Å². The minimum absolute atomic E-state index is 0. The number of halogens is 2. The van der Waals surface area contributed by atoms with Gasteiger partial charge >= 0.3 is 0 Å². The van der Waals surface area contributed by atoms with Crippen molar-refractivity contribution >= 4 is 41.5 Å². The van der Waals surface area contributed by atoms with Gasteiger partial charge in [-0.2, -0.15) is 0 Å². The molecule has 2 fully saturated rings. The van der Waals surface area contributed by atoms with Crippen LogP contribution in [0.3, 0.4) is 0 Å². The van der Waals surface area contributed by atoms with Crippen molar-refractivity contribution in [3.8, 4) is 5.88 Å². The van der Waals surface area contributed by atoms with E-state index in [1.165, 1.54) is 0 Å². The predicted octanol–water partition coefficient (Wildman–Crippen LogP) is 2.19. The Morgan fingerprint density at radius 3 is 3.00 bits per heavy atom. The lowest BCUT2D eigenvalue weighted by molar-refractivity contribution is -0.0817. The van der Waals surface area contributed by atoms with Crippen LogP contribution in [-0.2, 0) is 9.47 Å². The third kappa shape index (κ3) is 5.83. The monoisotopic (exact) mass is 496 g/mol. The molecule has 3 rings (SSSR count). The van der Waals surface area contributed by atoms with E-state index in [0.29, 0.717) is 30.7 Å². The van der Waals surface area contributed by atoms with E-state index in [0.717, 1.165) is 38.5 Å². The topological polar surface area (TPSA) is 68.2 Å². The summed E-state index contributed by atoms with van der Waals surface area (Å²) in [5, 5.41) is 3.84. The van der Waals surface area contributed by atoms with Crippen LogP contribution in [-0.4, -0.2) is 74.6 Å². The van der Waals surface area contributed by atoms with Crippen molar-refractivity contribution in [2.45, 2.75) is 25.0 Å². The Labute approximate surface area is 176 Å². The van der Waals surface area contributed by atoms with E-state index >= 15 is 0 Å². The number of pyridine rings is 1. The largest absolute Gasteiger partial charge is 0.475 e. The van der Waals surface area contributed by atoms with Crippen LogP contribution in [0.25, 0.3) is 0 Å². The number of nitrogens with one attached hydrogen (secondary N) is 1. The van der Waals surface area contributed by atoms with Crippen LogP contribution in [0.4, 0.5) is 0 Å². The van der Waals surface area contributed by atoms with Gasteiger partial charge < -0.3 is 24.4 Å². The molecule has 7 nitrogen and oxygen atoms in total. The molecule has 3 heterocycles. The zero-order valence-electron chi connectivity index (χ0n) is 14.9. The fourth-order valence-corrected chi connectivity index (χ4v) is 3.28. The van der Waals surface area contributed by atoms with Gasteiger partial charge in [-0.05, 0) is 25.0 Å². The Morgan fingerprint density at radius 2 is 2.27 bits per heavy atom. The Hall–Kier alpha value is -0.840. The van der Waals surface area contributed by atoms with Crippen LogP contribution in [0.5, 0.6) is 5.88 Å². The van der Waals surface area contributed by atoms with Crippen LogP contribution < -0.4 is 10.1 Å². The Morgan fingerprint density at radius 1 is 1.42 bits per heavy atom. The number of guanidine groups is 1. The van der Waals surface area contributed by atoms with Gasteiger partial charge in [-0.3, -0.25) is 4.99 Å². The van der Waals surface area contributed by atoms with Crippen LogP contribution >= 0.6 is 35.6 Å². The van der Waals surface area contributed by atoms with Crippen LogP contribution in [0.1, 0.15) is 12.8 Å². The molecule has 2 aliphatic heterocycles. The predicted molar refractivity (Wildman–Crippen MR) is 112 cm³/mol. The first-order valence-corrected chi connectivity index (χ1v) is 9.08. The molecule has 2 unspecified atom stereocenters.